The Morgan fingerprint density at radius 2 is 1.57 bits per heavy atom. The summed E-state index contributed by atoms with van der Waals surface area (Å²) in [5, 5.41) is -0.398. The van der Waals surface area contributed by atoms with E-state index in [9.17, 15) is 12.8 Å². The van der Waals surface area contributed by atoms with E-state index in [4.69, 9.17) is 40.5 Å². The van der Waals surface area contributed by atoms with Crippen LogP contribution in [0, 0.1) is 5.82 Å². The Bertz CT molecular complexity index is 789. The van der Waals surface area contributed by atoms with Crippen LogP contribution in [0.25, 0.3) is 0 Å². The second-order valence-electron chi connectivity index (χ2n) is 4.05. The van der Waals surface area contributed by atoms with Crippen LogP contribution in [0.3, 0.4) is 0 Å². The standard InChI is InChI=1S/C12H8Cl3FN2O2S/c13-8-2-1-7(5-11(8)16)18-21(19,20)12-9(14)3-6(17)4-10(12)15/h1-5,18H,17H2. The number of rotatable bonds is 3. The molecule has 2 aromatic rings. The summed E-state index contributed by atoms with van der Waals surface area (Å²) in [6, 6.07) is 5.98. The van der Waals surface area contributed by atoms with Crippen LogP contribution in [0.2, 0.25) is 15.1 Å². The van der Waals surface area contributed by atoms with Gasteiger partial charge in [0.15, 0.2) is 0 Å². The van der Waals surface area contributed by atoms with Gasteiger partial charge in [0.2, 0.25) is 0 Å². The Balaban J connectivity index is 2.46. The van der Waals surface area contributed by atoms with E-state index in [1.54, 1.807) is 0 Å². The largest absolute Gasteiger partial charge is 0.399 e. The van der Waals surface area contributed by atoms with Gasteiger partial charge in [-0.25, -0.2) is 12.8 Å². The monoisotopic (exact) mass is 368 g/mol. The van der Waals surface area contributed by atoms with Crippen molar-refractivity contribution in [2.45, 2.75) is 4.90 Å². The highest BCUT2D eigenvalue weighted by Gasteiger charge is 2.22. The number of nitrogen functional groups attached to an aromatic ring is 1. The summed E-state index contributed by atoms with van der Waals surface area (Å²) >= 11 is 17.3. The van der Waals surface area contributed by atoms with Gasteiger partial charge in [-0.1, -0.05) is 34.8 Å². The molecule has 0 aromatic heterocycles. The molecule has 21 heavy (non-hydrogen) atoms. The van der Waals surface area contributed by atoms with E-state index < -0.39 is 15.8 Å². The predicted octanol–water partition coefficient (Wildman–Crippen LogP) is 4.17. The lowest BCUT2D eigenvalue weighted by Gasteiger charge is -2.12. The summed E-state index contributed by atoms with van der Waals surface area (Å²) in [7, 11) is -4.10. The van der Waals surface area contributed by atoms with Gasteiger partial charge in [-0.3, -0.25) is 4.72 Å². The Hall–Kier alpha value is -1.21. The maximum Gasteiger partial charge on any atom is 0.264 e. The summed E-state index contributed by atoms with van der Waals surface area (Å²) in [5.41, 5.74) is 5.72. The Labute approximate surface area is 135 Å². The van der Waals surface area contributed by atoms with Gasteiger partial charge in [-0.15, -0.1) is 0 Å². The minimum Gasteiger partial charge on any atom is -0.399 e. The van der Waals surface area contributed by atoms with Gasteiger partial charge in [-0.05, 0) is 30.3 Å². The number of halogens is 4. The number of hydrogen-bond acceptors (Lipinski definition) is 3. The molecule has 3 N–H and O–H groups in total. The first-order chi connectivity index (χ1) is 9.70. The van der Waals surface area contributed by atoms with Crippen molar-refractivity contribution in [3.05, 3.63) is 51.2 Å². The van der Waals surface area contributed by atoms with Crippen molar-refractivity contribution in [1.29, 1.82) is 0 Å². The zero-order valence-corrected chi connectivity index (χ0v) is 13.3. The van der Waals surface area contributed by atoms with Crippen LogP contribution in [0.5, 0.6) is 0 Å². The molecular formula is C12H8Cl3FN2O2S. The third-order valence-electron chi connectivity index (χ3n) is 2.46. The number of anilines is 2. The lowest BCUT2D eigenvalue weighted by Crippen LogP contribution is -2.14. The predicted molar refractivity (Wildman–Crippen MR) is 83.1 cm³/mol. The molecule has 0 aliphatic rings. The van der Waals surface area contributed by atoms with E-state index in [1.165, 1.54) is 24.3 Å². The quantitative estimate of drug-likeness (QED) is 0.798. The minimum atomic E-state index is -4.10. The van der Waals surface area contributed by atoms with E-state index in [-0.39, 0.29) is 31.3 Å². The molecule has 0 radical (unpaired) electrons. The highest BCUT2D eigenvalue weighted by atomic mass is 35.5. The van der Waals surface area contributed by atoms with Crippen LogP contribution >= 0.6 is 34.8 Å². The van der Waals surface area contributed by atoms with Crippen LogP contribution in [0.4, 0.5) is 15.8 Å². The molecule has 9 heteroatoms. The van der Waals surface area contributed by atoms with Crippen LogP contribution in [-0.4, -0.2) is 8.42 Å². The Morgan fingerprint density at radius 3 is 2.10 bits per heavy atom. The van der Waals surface area contributed by atoms with Gasteiger partial charge >= 0.3 is 0 Å². The summed E-state index contributed by atoms with van der Waals surface area (Å²) in [6.45, 7) is 0. The number of nitrogens with one attached hydrogen (secondary N) is 1. The number of nitrogens with two attached hydrogens (primary N) is 1. The van der Waals surface area contributed by atoms with Crippen LogP contribution < -0.4 is 10.5 Å². The molecule has 0 spiro atoms. The third kappa shape index (κ3) is 3.52. The number of sulfonamides is 1. The topological polar surface area (TPSA) is 72.2 Å². The molecule has 4 nitrogen and oxygen atoms in total. The van der Waals surface area contributed by atoms with E-state index in [0.717, 1.165) is 6.07 Å². The van der Waals surface area contributed by atoms with Crippen molar-refractivity contribution >= 4 is 56.2 Å². The SMILES string of the molecule is Nc1cc(Cl)c(S(=O)(=O)Nc2ccc(Cl)c(F)c2)c(Cl)c1. The van der Waals surface area contributed by atoms with Crippen molar-refractivity contribution in [3.8, 4) is 0 Å². The highest BCUT2D eigenvalue weighted by molar-refractivity contribution is 7.93. The van der Waals surface area contributed by atoms with Gasteiger partial charge in [0, 0.05) is 5.69 Å². The Morgan fingerprint density at radius 1 is 1.00 bits per heavy atom. The molecule has 0 amide bonds. The van der Waals surface area contributed by atoms with Crippen molar-refractivity contribution in [2.75, 3.05) is 10.5 Å². The highest BCUT2D eigenvalue weighted by Crippen LogP contribution is 2.33. The molecule has 0 saturated heterocycles. The van der Waals surface area contributed by atoms with Crippen molar-refractivity contribution in [1.82, 2.24) is 0 Å². The molecule has 0 aliphatic heterocycles. The molecule has 112 valence electrons. The second-order valence-corrected chi connectivity index (χ2v) is 6.89. The van der Waals surface area contributed by atoms with Gasteiger partial charge in [0.05, 0.1) is 20.8 Å². The maximum absolute atomic E-state index is 13.3. The molecule has 0 saturated carbocycles. The average molecular weight is 370 g/mol. The van der Waals surface area contributed by atoms with Crippen molar-refractivity contribution < 1.29 is 12.8 Å². The van der Waals surface area contributed by atoms with E-state index in [1.807, 2.05) is 0 Å². The van der Waals surface area contributed by atoms with Gasteiger partial charge < -0.3 is 5.73 Å². The first kappa shape index (κ1) is 16.2. The molecular weight excluding hydrogens is 362 g/mol. The van der Waals surface area contributed by atoms with Crippen LogP contribution in [0.1, 0.15) is 0 Å². The fraction of sp³-hybridized carbons (Fsp3) is 0. The first-order valence-corrected chi connectivity index (χ1v) is 8.05. The van der Waals surface area contributed by atoms with Crippen LogP contribution in [0.15, 0.2) is 35.2 Å². The van der Waals surface area contributed by atoms with E-state index in [2.05, 4.69) is 4.72 Å². The summed E-state index contributed by atoms with van der Waals surface area (Å²) in [4.78, 5) is -0.338. The third-order valence-corrected chi connectivity index (χ3v) is 5.07. The number of benzene rings is 2. The smallest absolute Gasteiger partial charge is 0.264 e. The fourth-order valence-corrected chi connectivity index (χ4v) is 4.00. The van der Waals surface area contributed by atoms with Crippen molar-refractivity contribution in [3.63, 3.8) is 0 Å². The van der Waals surface area contributed by atoms with Gasteiger partial charge in [0.25, 0.3) is 10.0 Å². The van der Waals surface area contributed by atoms with E-state index in [0.29, 0.717) is 0 Å². The molecule has 0 aliphatic carbocycles. The molecule has 0 unspecified atom stereocenters. The summed E-state index contributed by atoms with van der Waals surface area (Å²) in [5.74, 6) is -0.758. The van der Waals surface area contributed by atoms with Gasteiger partial charge in [0.1, 0.15) is 10.7 Å². The lowest BCUT2D eigenvalue weighted by molar-refractivity contribution is 0.601. The normalized spacial score (nSPS) is 11.4. The van der Waals surface area contributed by atoms with Crippen molar-refractivity contribution in [2.24, 2.45) is 0 Å². The van der Waals surface area contributed by atoms with Gasteiger partial charge in [-0.2, -0.15) is 0 Å². The van der Waals surface area contributed by atoms with Crippen LogP contribution in [-0.2, 0) is 10.0 Å². The minimum absolute atomic E-state index is 0.0131. The molecule has 0 bridgehead atoms. The maximum atomic E-state index is 13.3. The number of hydrogen-bond donors (Lipinski definition) is 2. The zero-order chi connectivity index (χ0) is 15.8. The lowest BCUT2D eigenvalue weighted by atomic mass is 10.3. The van der Waals surface area contributed by atoms with E-state index >= 15 is 0 Å². The summed E-state index contributed by atoms with van der Waals surface area (Å²) < 4.78 is 40.0. The molecule has 0 fully saturated rings. The molecule has 0 atom stereocenters. The molecule has 2 aromatic carbocycles. The zero-order valence-electron chi connectivity index (χ0n) is 10.2. The fourth-order valence-electron chi connectivity index (χ4n) is 1.60. The Kier molecular flexibility index (Phi) is 4.53. The molecule has 0 heterocycles. The first-order valence-electron chi connectivity index (χ1n) is 5.43. The molecule has 2 rings (SSSR count). The average Bonchev–Trinajstić information content (AvgIpc) is 2.31. The summed E-state index contributed by atoms with van der Waals surface area (Å²) in [6.07, 6.45) is 0. The second kappa shape index (κ2) is 5.88.